The normalized spacial score (nSPS) is 12.3. The monoisotopic (exact) mass is 379 g/mol. The van der Waals surface area contributed by atoms with Gasteiger partial charge in [-0.15, -0.1) is 10.2 Å². The summed E-state index contributed by atoms with van der Waals surface area (Å²) in [5.74, 6) is 1.10. The Morgan fingerprint density at radius 2 is 1.79 bits per heavy atom. The molecule has 0 saturated carbocycles. The number of rotatable bonds is 6. The standard InChI is InChI=1S/C17H15Cl2N3OS/c18-13-7-6-12(8-14(13)19)10-24-17-22-21-16(23-17)15(20)9-11-4-2-1-3-5-11/h1-8,15H,9-10,20H2. The van der Waals surface area contributed by atoms with Gasteiger partial charge in [0.2, 0.25) is 5.89 Å². The number of aromatic nitrogens is 2. The molecule has 1 aromatic heterocycles. The molecular formula is C17H15Cl2N3OS. The third-order valence-corrected chi connectivity index (χ3v) is 5.01. The van der Waals surface area contributed by atoms with Gasteiger partial charge in [0.25, 0.3) is 5.22 Å². The molecular weight excluding hydrogens is 365 g/mol. The second kappa shape index (κ2) is 8.03. The van der Waals surface area contributed by atoms with Crippen molar-refractivity contribution in [1.82, 2.24) is 10.2 Å². The molecule has 0 radical (unpaired) electrons. The van der Waals surface area contributed by atoms with Crippen molar-refractivity contribution in [3.05, 3.63) is 75.6 Å². The van der Waals surface area contributed by atoms with Crippen molar-refractivity contribution in [2.75, 3.05) is 0 Å². The third-order valence-electron chi connectivity index (χ3n) is 3.38. The third kappa shape index (κ3) is 4.51. The molecule has 0 bridgehead atoms. The molecule has 2 N–H and O–H groups in total. The predicted molar refractivity (Wildman–Crippen MR) is 97.4 cm³/mol. The van der Waals surface area contributed by atoms with E-state index in [9.17, 15) is 0 Å². The van der Waals surface area contributed by atoms with E-state index in [0.29, 0.717) is 33.3 Å². The quantitative estimate of drug-likeness (QED) is 0.616. The van der Waals surface area contributed by atoms with Crippen molar-refractivity contribution in [3.63, 3.8) is 0 Å². The zero-order valence-corrected chi connectivity index (χ0v) is 15.0. The molecule has 1 atom stereocenters. The van der Waals surface area contributed by atoms with Crippen molar-refractivity contribution in [2.45, 2.75) is 23.4 Å². The average Bonchev–Trinajstić information content (AvgIpc) is 3.06. The van der Waals surface area contributed by atoms with Crippen LogP contribution in [0.3, 0.4) is 0 Å². The minimum Gasteiger partial charge on any atom is -0.414 e. The van der Waals surface area contributed by atoms with Crippen molar-refractivity contribution < 1.29 is 4.42 Å². The van der Waals surface area contributed by atoms with E-state index in [2.05, 4.69) is 10.2 Å². The summed E-state index contributed by atoms with van der Waals surface area (Å²) in [4.78, 5) is 0. The Hall–Kier alpha value is -1.53. The molecule has 0 spiro atoms. The second-order valence-corrected chi connectivity index (χ2v) is 6.98. The van der Waals surface area contributed by atoms with Crippen molar-refractivity contribution in [1.29, 1.82) is 0 Å². The average molecular weight is 380 g/mol. The first kappa shape index (κ1) is 17.3. The molecule has 0 aliphatic heterocycles. The minimum absolute atomic E-state index is 0.320. The SMILES string of the molecule is NC(Cc1ccccc1)c1nnc(SCc2ccc(Cl)c(Cl)c2)o1. The van der Waals surface area contributed by atoms with E-state index in [1.807, 2.05) is 42.5 Å². The van der Waals surface area contributed by atoms with Crippen LogP contribution in [-0.4, -0.2) is 10.2 Å². The number of nitrogens with zero attached hydrogens (tertiary/aromatic N) is 2. The highest BCUT2D eigenvalue weighted by molar-refractivity contribution is 7.98. The number of nitrogens with two attached hydrogens (primary N) is 1. The van der Waals surface area contributed by atoms with Crippen LogP contribution in [0.4, 0.5) is 0 Å². The molecule has 0 amide bonds. The highest BCUT2D eigenvalue weighted by Crippen LogP contribution is 2.28. The van der Waals surface area contributed by atoms with E-state index in [4.69, 9.17) is 33.4 Å². The second-order valence-electron chi connectivity index (χ2n) is 5.24. The number of thioether (sulfide) groups is 1. The van der Waals surface area contributed by atoms with Crippen LogP contribution in [0.5, 0.6) is 0 Å². The lowest BCUT2D eigenvalue weighted by atomic mass is 10.1. The maximum Gasteiger partial charge on any atom is 0.276 e. The van der Waals surface area contributed by atoms with E-state index < -0.39 is 0 Å². The number of halogens is 2. The van der Waals surface area contributed by atoms with Crippen LogP contribution in [0.15, 0.2) is 58.2 Å². The fourth-order valence-electron chi connectivity index (χ4n) is 2.16. The first-order valence-electron chi connectivity index (χ1n) is 7.31. The van der Waals surface area contributed by atoms with Crippen LogP contribution in [-0.2, 0) is 12.2 Å². The summed E-state index contributed by atoms with van der Waals surface area (Å²) < 4.78 is 5.65. The molecule has 124 valence electrons. The molecule has 4 nitrogen and oxygen atoms in total. The minimum atomic E-state index is -0.320. The number of hydrogen-bond donors (Lipinski definition) is 1. The van der Waals surface area contributed by atoms with Crippen LogP contribution in [0, 0.1) is 0 Å². The van der Waals surface area contributed by atoms with Gasteiger partial charge in [0, 0.05) is 5.75 Å². The van der Waals surface area contributed by atoms with Gasteiger partial charge in [0.15, 0.2) is 0 Å². The molecule has 2 aromatic carbocycles. The summed E-state index contributed by atoms with van der Waals surface area (Å²) in [7, 11) is 0. The van der Waals surface area contributed by atoms with Crippen LogP contribution >= 0.6 is 35.0 Å². The van der Waals surface area contributed by atoms with E-state index in [0.717, 1.165) is 11.1 Å². The highest BCUT2D eigenvalue weighted by atomic mass is 35.5. The van der Waals surface area contributed by atoms with Gasteiger partial charge in [-0.2, -0.15) is 0 Å². The molecule has 7 heteroatoms. The number of benzene rings is 2. The van der Waals surface area contributed by atoms with Gasteiger partial charge in [-0.25, -0.2) is 0 Å². The van der Waals surface area contributed by atoms with Gasteiger partial charge in [-0.05, 0) is 29.7 Å². The first-order chi connectivity index (χ1) is 11.6. The lowest BCUT2D eigenvalue weighted by molar-refractivity contribution is 0.385. The van der Waals surface area contributed by atoms with Gasteiger partial charge in [0.05, 0.1) is 16.1 Å². The Bertz CT molecular complexity index is 811. The topological polar surface area (TPSA) is 64.9 Å². The maximum atomic E-state index is 6.15. The zero-order chi connectivity index (χ0) is 16.9. The molecule has 0 fully saturated rings. The zero-order valence-electron chi connectivity index (χ0n) is 12.7. The van der Waals surface area contributed by atoms with Crippen molar-refractivity contribution >= 4 is 35.0 Å². The Morgan fingerprint density at radius 1 is 1.00 bits per heavy atom. The smallest absolute Gasteiger partial charge is 0.276 e. The van der Waals surface area contributed by atoms with Crippen molar-refractivity contribution in [3.8, 4) is 0 Å². The predicted octanol–water partition coefficient (Wildman–Crippen LogP) is 4.91. The van der Waals surface area contributed by atoms with Crippen LogP contribution in [0.25, 0.3) is 0 Å². The highest BCUT2D eigenvalue weighted by Gasteiger charge is 2.15. The summed E-state index contributed by atoms with van der Waals surface area (Å²) in [5.41, 5.74) is 8.31. The Labute approximate surface area is 154 Å². The Balaban J connectivity index is 1.59. The van der Waals surface area contributed by atoms with Crippen LogP contribution < -0.4 is 5.73 Å². The first-order valence-corrected chi connectivity index (χ1v) is 9.05. The Kier molecular flexibility index (Phi) is 5.79. The molecule has 0 aliphatic carbocycles. The molecule has 1 unspecified atom stereocenters. The molecule has 0 aliphatic rings. The fraction of sp³-hybridized carbons (Fsp3) is 0.176. The largest absolute Gasteiger partial charge is 0.414 e. The Morgan fingerprint density at radius 3 is 2.54 bits per heavy atom. The van der Waals surface area contributed by atoms with Gasteiger partial charge in [0.1, 0.15) is 0 Å². The lowest BCUT2D eigenvalue weighted by Crippen LogP contribution is -2.13. The van der Waals surface area contributed by atoms with E-state index >= 15 is 0 Å². The van der Waals surface area contributed by atoms with Crippen molar-refractivity contribution in [2.24, 2.45) is 5.73 Å². The fourth-order valence-corrected chi connectivity index (χ4v) is 3.19. The van der Waals surface area contributed by atoms with Crippen LogP contribution in [0.1, 0.15) is 23.1 Å². The van der Waals surface area contributed by atoms with Crippen LogP contribution in [0.2, 0.25) is 10.0 Å². The summed E-state index contributed by atoms with van der Waals surface area (Å²) >= 11 is 13.4. The summed E-state index contributed by atoms with van der Waals surface area (Å²) in [5, 5.41) is 9.65. The summed E-state index contributed by atoms with van der Waals surface area (Å²) in [6, 6.07) is 15.2. The van der Waals surface area contributed by atoms with E-state index in [-0.39, 0.29) is 6.04 Å². The van der Waals surface area contributed by atoms with E-state index in [1.165, 1.54) is 11.8 Å². The van der Waals surface area contributed by atoms with Gasteiger partial charge >= 0.3 is 0 Å². The molecule has 0 saturated heterocycles. The van der Waals surface area contributed by atoms with Gasteiger partial charge in [-0.1, -0.05) is 71.4 Å². The summed E-state index contributed by atoms with van der Waals surface area (Å²) in [6.45, 7) is 0. The molecule has 3 rings (SSSR count). The number of hydrogen-bond acceptors (Lipinski definition) is 5. The molecule has 24 heavy (non-hydrogen) atoms. The van der Waals surface area contributed by atoms with Gasteiger partial charge < -0.3 is 10.2 Å². The van der Waals surface area contributed by atoms with E-state index in [1.54, 1.807) is 6.07 Å². The molecule has 1 heterocycles. The summed E-state index contributed by atoms with van der Waals surface area (Å²) in [6.07, 6.45) is 0.653. The maximum absolute atomic E-state index is 6.15. The lowest BCUT2D eigenvalue weighted by Gasteiger charge is -2.06. The van der Waals surface area contributed by atoms with Gasteiger partial charge in [-0.3, -0.25) is 0 Å². The molecule has 3 aromatic rings.